The summed E-state index contributed by atoms with van der Waals surface area (Å²) in [6.07, 6.45) is 11.9. The van der Waals surface area contributed by atoms with Gasteiger partial charge in [0.15, 0.2) is 0 Å². The number of nitrogens with zero attached hydrogens (tertiary/aromatic N) is 5. The molecule has 0 fully saturated rings. The molecule has 3 aromatic heterocycles. The summed E-state index contributed by atoms with van der Waals surface area (Å²) in [5, 5.41) is 4.07. The summed E-state index contributed by atoms with van der Waals surface area (Å²) in [7, 11) is 1.66. The molecule has 1 radical (unpaired) electrons. The van der Waals surface area contributed by atoms with E-state index < -0.39 is 0 Å². The van der Waals surface area contributed by atoms with Crippen LogP contribution >= 0.6 is 0 Å². The van der Waals surface area contributed by atoms with Crippen molar-refractivity contribution in [3.05, 3.63) is 110 Å². The number of aromatic nitrogens is 5. The molecule has 157 valence electrons. The molecule has 2 aromatic carbocycles. The Balaban J connectivity index is 0.000000194. The molecule has 5 aromatic rings. The molecule has 0 aliphatic heterocycles. The minimum Gasteiger partial charge on any atom is -0.495 e. The maximum atomic E-state index is 5.39. The molecule has 0 amide bonds. The number of pyridine rings is 1. The summed E-state index contributed by atoms with van der Waals surface area (Å²) in [5.41, 5.74) is 2.76. The van der Waals surface area contributed by atoms with Crippen LogP contribution < -0.4 is 4.74 Å². The number of methoxy groups -OCH3 is 1. The molecule has 0 aliphatic carbocycles. The van der Waals surface area contributed by atoms with E-state index in [0.29, 0.717) is 0 Å². The van der Waals surface area contributed by atoms with Crippen LogP contribution in [0.15, 0.2) is 97.7 Å². The number of ether oxygens (including phenoxy) is 1. The molecule has 5 rings (SSSR count). The maximum absolute atomic E-state index is 5.39. The van der Waals surface area contributed by atoms with Crippen LogP contribution in [0.3, 0.4) is 0 Å². The van der Waals surface area contributed by atoms with Crippen LogP contribution in [-0.2, 0) is 20.1 Å². The molecule has 0 saturated heterocycles. The van der Waals surface area contributed by atoms with Crippen molar-refractivity contribution in [2.45, 2.75) is 0 Å². The number of imidazole rings is 1. The van der Waals surface area contributed by atoms with E-state index in [9.17, 15) is 0 Å². The average molecular weight is 586 g/mol. The van der Waals surface area contributed by atoms with E-state index in [4.69, 9.17) is 4.74 Å². The van der Waals surface area contributed by atoms with Gasteiger partial charge in [-0.3, -0.25) is 9.67 Å². The van der Waals surface area contributed by atoms with Crippen LogP contribution in [0.25, 0.3) is 22.8 Å². The molecule has 0 bridgehead atoms. The van der Waals surface area contributed by atoms with Gasteiger partial charge >= 0.3 is 0 Å². The van der Waals surface area contributed by atoms with Gasteiger partial charge in [0, 0.05) is 44.9 Å². The summed E-state index contributed by atoms with van der Waals surface area (Å²) in [6.45, 7) is 0. The fraction of sp³-hybridized carbons (Fsp3) is 0.0417. The third kappa shape index (κ3) is 5.34. The van der Waals surface area contributed by atoms with Crippen LogP contribution in [0.1, 0.15) is 0 Å². The summed E-state index contributed by atoms with van der Waals surface area (Å²) in [4.78, 5) is 8.38. The molecule has 0 saturated carbocycles. The third-order valence-electron chi connectivity index (χ3n) is 4.28. The van der Waals surface area contributed by atoms with Gasteiger partial charge in [-0.25, -0.2) is 0 Å². The van der Waals surface area contributed by atoms with E-state index >= 15 is 0 Å². The van der Waals surface area contributed by atoms with E-state index in [1.165, 1.54) is 0 Å². The molecule has 6 nitrogen and oxygen atoms in total. The van der Waals surface area contributed by atoms with Crippen LogP contribution in [0.4, 0.5) is 0 Å². The Morgan fingerprint density at radius 2 is 1.74 bits per heavy atom. The first-order valence-electron chi connectivity index (χ1n) is 9.33. The van der Waals surface area contributed by atoms with Gasteiger partial charge in [-0.2, -0.15) is 29.4 Å². The largest absolute Gasteiger partial charge is 0.495 e. The van der Waals surface area contributed by atoms with Gasteiger partial charge in [-0.05, 0) is 30.1 Å². The average Bonchev–Trinajstić information content (AvgIpc) is 3.53. The summed E-state index contributed by atoms with van der Waals surface area (Å²) < 4.78 is 9.13. The van der Waals surface area contributed by atoms with Crippen molar-refractivity contribution in [2.75, 3.05) is 7.11 Å². The molecule has 3 heterocycles. The van der Waals surface area contributed by atoms with Crippen molar-refractivity contribution in [1.29, 1.82) is 0 Å². The van der Waals surface area contributed by atoms with Crippen molar-refractivity contribution in [3.8, 4) is 28.5 Å². The molecular formula is C24H19IrN5O-2. The predicted molar refractivity (Wildman–Crippen MR) is 115 cm³/mol. The van der Waals surface area contributed by atoms with Gasteiger partial charge in [-0.1, -0.05) is 23.9 Å². The smallest absolute Gasteiger partial charge is 0.142 e. The Labute approximate surface area is 194 Å². The number of hydrogen-bond donors (Lipinski definition) is 0. The van der Waals surface area contributed by atoms with Gasteiger partial charge in [0.05, 0.1) is 18.6 Å². The van der Waals surface area contributed by atoms with Gasteiger partial charge in [0.25, 0.3) is 0 Å². The van der Waals surface area contributed by atoms with Gasteiger partial charge < -0.3 is 14.3 Å². The van der Waals surface area contributed by atoms with Crippen LogP contribution in [0.5, 0.6) is 5.75 Å². The second-order valence-corrected chi connectivity index (χ2v) is 6.15. The first-order valence-corrected chi connectivity index (χ1v) is 9.33. The monoisotopic (exact) mass is 586 g/mol. The van der Waals surface area contributed by atoms with E-state index in [-0.39, 0.29) is 20.1 Å². The number of para-hydroxylation sites is 3. The second-order valence-electron chi connectivity index (χ2n) is 6.15. The van der Waals surface area contributed by atoms with Crippen molar-refractivity contribution in [2.24, 2.45) is 0 Å². The Bertz CT molecular complexity index is 1180. The van der Waals surface area contributed by atoms with Crippen molar-refractivity contribution < 1.29 is 24.8 Å². The van der Waals surface area contributed by atoms with Crippen LogP contribution in [0, 0.1) is 12.3 Å². The zero-order chi connectivity index (χ0) is 20.6. The van der Waals surface area contributed by atoms with Crippen LogP contribution in [0.2, 0.25) is 0 Å². The molecule has 0 unspecified atom stereocenters. The summed E-state index contributed by atoms with van der Waals surface area (Å²) in [6, 6.07) is 24.3. The van der Waals surface area contributed by atoms with Gasteiger partial charge in [0.1, 0.15) is 5.75 Å². The minimum absolute atomic E-state index is 0. The van der Waals surface area contributed by atoms with E-state index in [1.54, 1.807) is 30.4 Å². The first kappa shape index (κ1) is 22.2. The normalized spacial score (nSPS) is 9.84. The fourth-order valence-electron chi connectivity index (χ4n) is 2.91. The predicted octanol–water partition coefficient (Wildman–Crippen LogP) is 4.41. The van der Waals surface area contributed by atoms with Gasteiger partial charge in [-0.15, -0.1) is 18.2 Å². The number of hydrogen-bond acceptors (Lipinski definition) is 4. The molecule has 0 aliphatic rings. The zero-order valence-corrected chi connectivity index (χ0v) is 19.1. The molecule has 0 spiro atoms. The van der Waals surface area contributed by atoms with Crippen molar-refractivity contribution in [1.82, 2.24) is 24.3 Å². The minimum atomic E-state index is 0. The Morgan fingerprint density at radius 3 is 2.45 bits per heavy atom. The quantitative estimate of drug-likeness (QED) is 0.293. The first-order chi connectivity index (χ1) is 14.9. The summed E-state index contributed by atoms with van der Waals surface area (Å²) >= 11 is 0. The zero-order valence-electron chi connectivity index (χ0n) is 16.7. The maximum Gasteiger partial charge on any atom is 0.142 e. The second kappa shape index (κ2) is 11.0. The van der Waals surface area contributed by atoms with E-state index in [1.807, 2.05) is 83.7 Å². The topological polar surface area (TPSA) is 57.8 Å². The van der Waals surface area contributed by atoms with E-state index in [2.05, 4.69) is 27.3 Å². The molecule has 0 atom stereocenters. The standard InChI is InChI=1S/C15H12N3O.C9H7N2.Ir/c1-19-14-7-3-2-6-13(14)18-10-9-17-15(18)12-5-4-8-16-11-12;1-2-5-9(6-3-1)11-8-4-7-10-11;/h2-10H,1H3;1-5,7-8H;/q2*-1;. The molecule has 7 heteroatoms. The van der Waals surface area contributed by atoms with E-state index in [0.717, 1.165) is 28.5 Å². The Kier molecular flexibility index (Phi) is 7.87. The SMILES string of the molecule is COc1ccccc1-n1ccnc1-c1[c-]nccc1.[Ir].[c-]1ccccc1-n1cccn1. The summed E-state index contributed by atoms with van der Waals surface area (Å²) in [5.74, 6) is 1.59. The van der Waals surface area contributed by atoms with Crippen molar-refractivity contribution in [3.63, 3.8) is 0 Å². The number of rotatable bonds is 4. The third-order valence-corrected chi connectivity index (χ3v) is 4.28. The number of benzene rings is 2. The molecular weight excluding hydrogens is 567 g/mol. The molecule has 0 N–H and O–H groups in total. The Morgan fingerprint density at radius 1 is 0.871 bits per heavy atom. The Hall–Kier alpha value is -3.54. The van der Waals surface area contributed by atoms with Gasteiger partial charge in [0.2, 0.25) is 0 Å². The fourth-order valence-corrected chi connectivity index (χ4v) is 2.91. The molecule has 31 heavy (non-hydrogen) atoms. The van der Waals surface area contributed by atoms with Crippen molar-refractivity contribution >= 4 is 0 Å². The van der Waals surface area contributed by atoms with Crippen LogP contribution in [-0.4, -0.2) is 31.4 Å².